The number of non-ortho nitro benzene ring substituents is 1. The number of rotatable bonds is 5. The zero-order valence-electron chi connectivity index (χ0n) is 13.6. The number of amides is 1. The first-order valence-electron chi connectivity index (χ1n) is 7.69. The van der Waals surface area contributed by atoms with Crippen LogP contribution in [0.3, 0.4) is 0 Å². The van der Waals surface area contributed by atoms with Gasteiger partial charge in [-0.1, -0.05) is 11.8 Å². The Labute approximate surface area is 148 Å². The fourth-order valence-electron chi connectivity index (χ4n) is 2.45. The van der Waals surface area contributed by atoms with Crippen molar-refractivity contribution in [2.75, 3.05) is 32.1 Å². The molecule has 0 spiro atoms. The van der Waals surface area contributed by atoms with Crippen molar-refractivity contribution in [1.29, 1.82) is 0 Å². The Balaban J connectivity index is 1.66. The lowest BCUT2D eigenvalue weighted by atomic mass is 10.2. The number of nitrogens with zero attached hydrogens (tertiary/aromatic N) is 5. The first kappa shape index (κ1) is 17.4. The third kappa shape index (κ3) is 3.97. The molecule has 0 radical (unpaired) electrons. The molecule has 9 nitrogen and oxygen atoms in total. The van der Waals surface area contributed by atoms with Gasteiger partial charge in [0.2, 0.25) is 5.91 Å². The monoisotopic (exact) mass is 363 g/mol. The van der Waals surface area contributed by atoms with Gasteiger partial charge in [-0.25, -0.2) is 0 Å². The lowest BCUT2D eigenvalue weighted by Gasteiger charge is -2.26. The first-order valence-corrected chi connectivity index (χ1v) is 8.67. The predicted octanol–water partition coefficient (Wildman–Crippen LogP) is 1.34. The van der Waals surface area contributed by atoms with Crippen LogP contribution in [0, 0.1) is 10.1 Å². The summed E-state index contributed by atoms with van der Waals surface area (Å²) < 4.78 is 7.01. The average molecular weight is 363 g/mol. The summed E-state index contributed by atoms with van der Waals surface area (Å²) in [6, 6.07) is 6.13. The highest BCUT2D eigenvalue weighted by atomic mass is 32.2. The normalized spacial score (nSPS) is 14.5. The zero-order chi connectivity index (χ0) is 17.8. The van der Waals surface area contributed by atoms with Crippen molar-refractivity contribution in [1.82, 2.24) is 19.7 Å². The number of hydrogen-bond donors (Lipinski definition) is 0. The summed E-state index contributed by atoms with van der Waals surface area (Å²) >= 11 is 1.32. The van der Waals surface area contributed by atoms with E-state index in [4.69, 9.17) is 4.74 Å². The summed E-state index contributed by atoms with van der Waals surface area (Å²) in [5, 5.41) is 19.6. The fourth-order valence-corrected chi connectivity index (χ4v) is 3.27. The molecule has 25 heavy (non-hydrogen) atoms. The summed E-state index contributed by atoms with van der Waals surface area (Å²) in [6.07, 6.45) is 0. The van der Waals surface area contributed by atoms with Crippen LogP contribution in [0.5, 0.6) is 0 Å². The van der Waals surface area contributed by atoms with Gasteiger partial charge in [0.05, 0.1) is 23.9 Å². The summed E-state index contributed by atoms with van der Waals surface area (Å²) in [5.41, 5.74) is 0.753. The molecule has 0 unspecified atom stereocenters. The Morgan fingerprint density at radius 1 is 1.28 bits per heavy atom. The van der Waals surface area contributed by atoms with E-state index in [1.807, 2.05) is 0 Å². The van der Waals surface area contributed by atoms with E-state index in [9.17, 15) is 14.9 Å². The van der Waals surface area contributed by atoms with E-state index in [0.717, 1.165) is 5.56 Å². The molecule has 1 amide bonds. The summed E-state index contributed by atoms with van der Waals surface area (Å²) in [5.74, 6) is 0.927. The Morgan fingerprint density at radius 2 is 1.96 bits per heavy atom. The average Bonchev–Trinajstić information content (AvgIpc) is 3.01. The van der Waals surface area contributed by atoms with Crippen molar-refractivity contribution < 1.29 is 14.5 Å². The molecule has 0 aliphatic carbocycles. The Morgan fingerprint density at radius 3 is 2.60 bits per heavy atom. The fraction of sp³-hybridized carbons (Fsp3) is 0.400. The minimum absolute atomic E-state index is 0.0247. The Bertz CT molecular complexity index is 771. The number of morpholine rings is 1. The van der Waals surface area contributed by atoms with E-state index in [-0.39, 0.29) is 17.3 Å². The Kier molecular flexibility index (Phi) is 5.29. The maximum Gasteiger partial charge on any atom is 0.269 e. The standard InChI is InChI=1S/C15H17N5O4S/c1-18-14(11-2-4-12(5-3-11)20(22)23)16-17-15(18)25-10-13(21)19-6-8-24-9-7-19/h2-5H,6-10H2,1H3. The third-order valence-corrected chi connectivity index (χ3v) is 4.86. The molecular formula is C15H17N5O4S. The highest BCUT2D eigenvalue weighted by Crippen LogP contribution is 2.24. The van der Waals surface area contributed by atoms with Crippen LogP contribution in [0.1, 0.15) is 0 Å². The molecule has 0 atom stereocenters. The summed E-state index contributed by atoms with van der Waals surface area (Å²) in [4.78, 5) is 24.3. The van der Waals surface area contributed by atoms with Crippen LogP contribution in [0.25, 0.3) is 11.4 Å². The summed E-state index contributed by atoms with van der Waals surface area (Å²) in [6.45, 7) is 2.38. The third-order valence-electron chi connectivity index (χ3n) is 3.86. The lowest BCUT2D eigenvalue weighted by Crippen LogP contribution is -2.41. The molecule has 132 valence electrons. The second-order valence-corrected chi connectivity index (χ2v) is 6.39. The number of nitro groups is 1. The molecule has 1 saturated heterocycles. The second-order valence-electron chi connectivity index (χ2n) is 5.45. The van der Waals surface area contributed by atoms with E-state index < -0.39 is 4.92 Å². The van der Waals surface area contributed by atoms with Crippen molar-refractivity contribution in [3.8, 4) is 11.4 Å². The smallest absolute Gasteiger partial charge is 0.269 e. The van der Waals surface area contributed by atoms with Crippen LogP contribution in [-0.2, 0) is 16.6 Å². The van der Waals surface area contributed by atoms with E-state index in [1.54, 1.807) is 28.6 Å². The number of hydrogen-bond acceptors (Lipinski definition) is 7. The predicted molar refractivity (Wildman–Crippen MR) is 91.2 cm³/mol. The Hall–Kier alpha value is -2.46. The molecule has 1 aromatic heterocycles. The lowest BCUT2D eigenvalue weighted by molar-refractivity contribution is -0.384. The van der Waals surface area contributed by atoms with Gasteiger partial charge in [0.1, 0.15) is 0 Å². The van der Waals surface area contributed by atoms with Gasteiger partial charge in [0.15, 0.2) is 11.0 Å². The molecule has 2 aromatic rings. The first-order chi connectivity index (χ1) is 12.1. The molecule has 2 heterocycles. The van der Waals surface area contributed by atoms with Crippen LogP contribution in [0.2, 0.25) is 0 Å². The largest absolute Gasteiger partial charge is 0.378 e. The highest BCUT2D eigenvalue weighted by molar-refractivity contribution is 7.99. The maximum absolute atomic E-state index is 12.2. The number of carbonyl (C=O) groups is 1. The molecule has 1 aromatic carbocycles. The van der Waals surface area contributed by atoms with Crippen molar-refractivity contribution in [3.63, 3.8) is 0 Å². The highest BCUT2D eigenvalue weighted by Gasteiger charge is 2.19. The zero-order valence-corrected chi connectivity index (χ0v) is 14.4. The van der Waals surface area contributed by atoms with Gasteiger partial charge in [-0.15, -0.1) is 10.2 Å². The van der Waals surface area contributed by atoms with Crippen molar-refractivity contribution in [3.05, 3.63) is 34.4 Å². The number of benzene rings is 1. The molecule has 0 N–H and O–H groups in total. The van der Waals surface area contributed by atoms with Crippen molar-refractivity contribution in [2.45, 2.75) is 5.16 Å². The van der Waals surface area contributed by atoms with Crippen LogP contribution >= 0.6 is 11.8 Å². The topological polar surface area (TPSA) is 103 Å². The quantitative estimate of drug-likeness (QED) is 0.448. The van der Waals surface area contributed by atoms with E-state index in [1.165, 1.54) is 23.9 Å². The molecule has 1 aliphatic heterocycles. The molecular weight excluding hydrogens is 346 g/mol. The van der Waals surface area contributed by atoms with E-state index >= 15 is 0 Å². The molecule has 1 fully saturated rings. The molecule has 1 aliphatic rings. The summed E-state index contributed by atoms with van der Waals surface area (Å²) in [7, 11) is 1.80. The number of thioether (sulfide) groups is 1. The number of ether oxygens (including phenoxy) is 1. The van der Waals surface area contributed by atoms with Crippen LogP contribution in [-0.4, -0.2) is 62.6 Å². The van der Waals surface area contributed by atoms with Gasteiger partial charge in [0.25, 0.3) is 5.69 Å². The minimum Gasteiger partial charge on any atom is -0.378 e. The van der Waals surface area contributed by atoms with E-state index in [2.05, 4.69) is 10.2 Å². The SMILES string of the molecule is Cn1c(SCC(=O)N2CCOCC2)nnc1-c1ccc([N+](=O)[O-])cc1. The van der Waals surface area contributed by atoms with Crippen molar-refractivity contribution in [2.24, 2.45) is 7.05 Å². The second kappa shape index (κ2) is 7.62. The molecule has 3 rings (SSSR count). The number of nitro benzene ring substituents is 1. The van der Waals surface area contributed by atoms with Crippen LogP contribution in [0.4, 0.5) is 5.69 Å². The molecule has 10 heteroatoms. The van der Waals surface area contributed by atoms with Gasteiger partial charge in [-0.05, 0) is 12.1 Å². The van der Waals surface area contributed by atoms with Crippen LogP contribution in [0.15, 0.2) is 29.4 Å². The molecule has 0 saturated carbocycles. The minimum atomic E-state index is -0.445. The van der Waals surface area contributed by atoms with E-state index in [0.29, 0.717) is 37.3 Å². The number of aromatic nitrogens is 3. The van der Waals surface area contributed by atoms with Crippen molar-refractivity contribution >= 4 is 23.4 Å². The van der Waals surface area contributed by atoms with Gasteiger partial charge in [-0.2, -0.15) is 0 Å². The number of carbonyl (C=O) groups excluding carboxylic acids is 1. The van der Waals surface area contributed by atoms with Crippen LogP contribution < -0.4 is 0 Å². The van der Waals surface area contributed by atoms with Gasteiger partial charge in [0, 0.05) is 37.8 Å². The maximum atomic E-state index is 12.2. The van der Waals surface area contributed by atoms with Gasteiger partial charge >= 0.3 is 0 Å². The molecule has 0 bridgehead atoms. The van der Waals surface area contributed by atoms with Gasteiger partial charge in [-0.3, -0.25) is 14.9 Å². The van der Waals surface area contributed by atoms with Gasteiger partial charge < -0.3 is 14.2 Å².